The normalized spacial score (nSPS) is 54.4. The summed E-state index contributed by atoms with van der Waals surface area (Å²) in [7, 11) is 0. The Morgan fingerprint density at radius 1 is 1.00 bits per heavy atom. The molecule has 1 heterocycles. The van der Waals surface area contributed by atoms with Crippen LogP contribution in [0.5, 0.6) is 0 Å². The van der Waals surface area contributed by atoms with Gasteiger partial charge >= 0.3 is 0 Å². The molecule has 5 aliphatic rings. The number of hydrogen-bond acceptors (Lipinski definition) is 3. The fourth-order valence-electron chi connectivity index (χ4n) is 9.43. The molecule has 0 aromatic carbocycles. The average molecular weight is 403 g/mol. The van der Waals surface area contributed by atoms with E-state index < -0.39 is 5.60 Å². The van der Waals surface area contributed by atoms with Gasteiger partial charge in [-0.05, 0) is 78.9 Å². The van der Waals surface area contributed by atoms with Crippen LogP contribution in [0.15, 0.2) is 12.7 Å². The van der Waals surface area contributed by atoms with Crippen LogP contribution < -0.4 is 0 Å². The van der Waals surface area contributed by atoms with Gasteiger partial charge in [-0.3, -0.25) is 0 Å². The molecule has 0 unspecified atom stereocenters. The first-order chi connectivity index (χ1) is 13.7. The second kappa shape index (κ2) is 6.56. The van der Waals surface area contributed by atoms with Crippen molar-refractivity contribution in [3.05, 3.63) is 12.7 Å². The lowest BCUT2D eigenvalue weighted by Crippen LogP contribution is -2.61. The molecule has 5 fully saturated rings. The van der Waals surface area contributed by atoms with Crippen LogP contribution in [-0.4, -0.2) is 29.7 Å². The smallest absolute Gasteiger partial charge is 0.169 e. The monoisotopic (exact) mass is 402 g/mol. The van der Waals surface area contributed by atoms with E-state index in [0.29, 0.717) is 23.2 Å². The maximum absolute atomic E-state index is 11.8. The Morgan fingerprint density at radius 2 is 1.69 bits per heavy atom. The van der Waals surface area contributed by atoms with Gasteiger partial charge in [0.05, 0.1) is 18.8 Å². The highest BCUT2D eigenvalue weighted by Gasteiger charge is 2.67. The first-order valence-corrected chi connectivity index (χ1v) is 12.3. The predicted molar refractivity (Wildman–Crippen MR) is 115 cm³/mol. The van der Waals surface area contributed by atoms with Crippen molar-refractivity contribution in [1.29, 1.82) is 0 Å². The Morgan fingerprint density at radius 3 is 2.38 bits per heavy atom. The Balaban J connectivity index is 1.44. The van der Waals surface area contributed by atoms with Crippen molar-refractivity contribution in [2.75, 3.05) is 13.2 Å². The zero-order valence-corrected chi connectivity index (χ0v) is 19.1. The molecule has 0 aromatic rings. The highest BCUT2D eigenvalue weighted by atomic mass is 16.7. The second-order valence-corrected chi connectivity index (χ2v) is 11.9. The summed E-state index contributed by atoms with van der Waals surface area (Å²) < 4.78 is 12.3. The second-order valence-electron chi connectivity index (χ2n) is 11.9. The quantitative estimate of drug-likeness (QED) is 0.614. The summed E-state index contributed by atoms with van der Waals surface area (Å²) in [4.78, 5) is 0. The number of fused-ring (bicyclic) bond motifs is 5. The standard InChI is InChI=1S/C26H42O3/c1-6-17(2)26(27)12-10-21-20-8-7-19-16-25(28-13-14-29-25)15-18(3)24(19,5)22(20)9-11-23(21,26)4/h6,17-22,27H,1,7-16H2,2-5H3/t17-,18-,19-,20-,21-,22-,23-,24-,26+/m0/s1. The van der Waals surface area contributed by atoms with Crippen molar-refractivity contribution in [1.82, 2.24) is 0 Å². The van der Waals surface area contributed by atoms with E-state index in [0.717, 1.165) is 44.3 Å². The SMILES string of the molecule is C=C[C@H](C)[C@]1(O)CC[C@H]2[C@@H]3CC[C@H]4CC5(C[C@H](C)[C@]4(C)[C@H]3CC[C@@]21C)OCCO5. The summed E-state index contributed by atoms with van der Waals surface area (Å²) in [6.07, 6.45) is 11.4. The summed E-state index contributed by atoms with van der Waals surface area (Å²) >= 11 is 0. The molecule has 29 heavy (non-hydrogen) atoms. The third-order valence-corrected chi connectivity index (χ3v) is 11.3. The van der Waals surface area contributed by atoms with Crippen LogP contribution in [0.25, 0.3) is 0 Å². The summed E-state index contributed by atoms with van der Waals surface area (Å²) in [5.74, 6) is 3.44. The van der Waals surface area contributed by atoms with Crippen molar-refractivity contribution >= 4 is 0 Å². The zero-order valence-electron chi connectivity index (χ0n) is 19.1. The molecule has 1 N–H and O–H groups in total. The van der Waals surface area contributed by atoms with E-state index in [1.54, 1.807) is 0 Å². The average Bonchev–Trinajstić information content (AvgIpc) is 3.25. The fraction of sp³-hybridized carbons (Fsp3) is 0.923. The Hall–Kier alpha value is -0.380. The predicted octanol–water partition coefficient (Wildman–Crippen LogP) is 5.57. The number of hydrogen-bond donors (Lipinski definition) is 1. The van der Waals surface area contributed by atoms with Gasteiger partial charge in [0.2, 0.25) is 0 Å². The molecule has 3 heteroatoms. The first kappa shape index (κ1) is 20.5. The van der Waals surface area contributed by atoms with Crippen LogP contribution in [0, 0.1) is 46.3 Å². The molecule has 1 spiro atoms. The molecule has 3 nitrogen and oxygen atoms in total. The summed E-state index contributed by atoms with van der Waals surface area (Å²) in [5, 5.41) is 11.8. The van der Waals surface area contributed by atoms with Crippen molar-refractivity contribution in [2.24, 2.45) is 46.3 Å². The number of aliphatic hydroxyl groups is 1. The maximum Gasteiger partial charge on any atom is 0.169 e. The minimum Gasteiger partial charge on any atom is -0.389 e. The molecule has 1 aliphatic heterocycles. The van der Waals surface area contributed by atoms with Gasteiger partial charge in [-0.15, -0.1) is 6.58 Å². The molecule has 164 valence electrons. The molecule has 5 rings (SSSR count). The van der Waals surface area contributed by atoms with Gasteiger partial charge in [-0.2, -0.15) is 0 Å². The van der Waals surface area contributed by atoms with Crippen LogP contribution in [0.2, 0.25) is 0 Å². The van der Waals surface area contributed by atoms with Crippen molar-refractivity contribution in [2.45, 2.75) is 90.4 Å². The minimum absolute atomic E-state index is 0.0434. The highest BCUT2D eigenvalue weighted by molar-refractivity contribution is 5.17. The van der Waals surface area contributed by atoms with E-state index in [1.165, 1.54) is 32.1 Å². The van der Waals surface area contributed by atoms with Crippen LogP contribution in [0.3, 0.4) is 0 Å². The maximum atomic E-state index is 11.8. The van der Waals surface area contributed by atoms with E-state index in [4.69, 9.17) is 9.47 Å². The Kier molecular flexibility index (Phi) is 4.64. The summed E-state index contributed by atoms with van der Waals surface area (Å²) in [6.45, 7) is 15.2. The molecule has 0 bridgehead atoms. The topological polar surface area (TPSA) is 38.7 Å². The van der Waals surface area contributed by atoms with Crippen LogP contribution in [0.4, 0.5) is 0 Å². The Labute approximate surface area is 177 Å². The molecule has 1 saturated heterocycles. The van der Waals surface area contributed by atoms with E-state index in [-0.39, 0.29) is 17.1 Å². The van der Waals surface area contributed by atoms with E-state index in [2.05, 4.69) is 34.3 Å². The van der Waals surface area contributed by atoms with Gasteiger partial charge in [0.25, 0.3) is 0 Å². The van der Waals surface area contributed by atoms with Gasteiger partial charge in [0, 0.05) is 18.8 Å². The minimum atomic E-state index is -0.574. The van der Waals surface area contributed by atoms with Gasteiger partial charge < -0.3 is 14.6 Å². The molecule has 9 atom stereocenters. The molecule has 4 saturated carbocycles. The largest absolute Gasteiger partial charge is 0.389 e. The molecule has 0 radical (unpaired) electrons. The molecule has 4 aliphatic carbocycles. The summed E-state index contributed by atoms with van der Waals surface area (Å²) in [6, 6.07) is 0. The third-order valence-electron chi connectivity index (χ3n) is 11.3. The third kappa shape index (κ3) is 2.53. The summed E-state index contributed by atoms with van der Waals surface area (Å²) in [5.41, 5.74) is -0.146. The number of ether oxygens (including phenoxy) is 2. The lowest BCUT2D eigenvalue weighted by molar-refractivity contribution is -0.251. The van der Waals surface area contributed by atoms with Crippen molar-refractivity contribution < 1.29 is 14.6 Å². The van der Waals surface area contributed by atoms with Crippen LogP contribution in [0.1, 0.15) is 79.1 Å². The van der Waals surface area contributed by atoms with Gasteiger partial charge in [0.1, 0.15) is 0 Å². The lowest BCUT2D eigenvalue weighted by Gasteiger charge is -2.64. The lowest BCUT2D eigenvalue weighted by atomic mass is 9.42. The molecule has 0 amide bonds. The Bertz CT molecular complexity index is 669. The number of rotatable bonds is 2. The first-order valence-electron chi connectivity index (χ1n) is 12.3. The van der Waals surface area contributed by atoms with Gasteiger partial charge in [-0.1, -0.05) is 33.8 Å². The van der Waals surface area contributed by atoms with E-state index >= 15 is 0 Å². The van der Waals surface area contributed by atoms with E-state index in [9.17, 15) is 5.11 Å². The van der Waals surface area contributed by atoms with Crippen molar-refractivity contribution in [3.63, 3.8) is 0 Å². The molecular weight excluding hydrogens is 360 g/mol. The van der Waals surface area contributed by atoms with E-state index in [1.807, 2.05) is 6.08 Å². The fourth-order valence-corrected chi connectivity index (χ4v) is 9.43. The molecular formula is C26H42O3. The highest BCUT2D eigenvalue weighted by Crippen LogP contribution is 2.70. The van der Waals surface area contributed by atoms with Gasteiger partial charge in [0.15, 0.2) is 5.79 Å². The zero-order chi connectivity index (χ0) is 20.7. The van der Waals surface area contributed by atoms with Crippen molar-refractivity contribution in [3.8, 4) is 0 Å². The molecule has 0 aromatic heterocycles. The van der Waals surface area contributed by atoms with Crippen LogP contribution >= 0.6 is 0 Å². The van der Waals surface area contributed by atoms with Gasteiger partial charge in [-0.25, -0.2) is 0 Å². The van der Waals surface area contributed by atoms with Crippen LogP contribution in [-0.2, 0) is 9.47 Å².